The van der Waals surface area contributed by atoms with Crippen molar-refractivity contribution in [3.63, 3.8) is 0 Å². The van der Waals surface area contributed by atoms with E-state index in [0.29, 0.717) is 0 Å². The number of nitrogens with zero attached hydrogens (tertiary/aromatic N) is 2. The first-order valence-corrected chi connectivity index (χ1v) is 18.3. The maximum atomic E-state index is 6.60. The molecule has 0 N–H and O–H groups in total. The minimum atomic E-state index is 0.849. The maximum absolute atomic E-state index is 6.60. The van der Waals surface area contributed by atoms with Gasteiger partial charge in [-0.25, -0.2) is 0 Å². The van der Waals surface area contributed by atoms with Gasteiger partial charge in [0.2, 0.25) is 5.71 Å². The van der Waals surface area contributed by atoms with Crippen LogP contribution in [0.15, 0.2) is 203 Å². The molecule has 0 aliphatic carbocycles. The Bertz CT molecular complexity index is 3130. The minimum absolute atomic E-state index is 0.849. The first-order chi connectivity index (χ1) is 26.8. The Kier molecular flexibility index (Phi) is 6.82. The summed E-state index contributed by atoms with van der Waals surface area (Å²) in [5.74, 6) is 0. The zero-order chi connectivity index (χ0) is 35.6. The number of anilines is 3. The largest absolute Gasteiger partial charge is 0.454 e. The van der Waals surface area contributed by atoms with Crippen LogP contribution in [0.2, 0.25) is 0 Å². The van der Waals surface area contributed by atoms with E-state index >= 15 is 0 Å². The molecule has 54 heavy (non-hydrogen) atoms. The van der Waals surface area contributed by atoms with Gasteiger partial charge >= 0.3 is 0 Å². The molecule has 0 fully saturated rings. The lowest BCUT2D eigenvalue weighted by Gasteiger charge is -2.26. The average Bonchev–Trinajstić information content (AvgIpc) is 3.91. The summed E-state index contributed by atoms with van der Waals surface area (Å²) in [5.41, 5.74) is 13.4. The van der Waals surface area contributed by atoms with Gasteiger partial charge in [0.25, 0.3) is 0 Å². The van der Waals surface area contributed by atoms with E-state index in [0.717, 1.165) is 77.8 Å². The van der Waals surface area contributed by atoms with Crippen molar-refractivity contribution in [1.29, 1.82) is 0 Å². The Labute approximate surface area is 311 Å². The van der Waals surface area contributed by atoms with Gasteiger partial charge in [-0.05, 0) is 82.9 Å². The minimum Gasteiger partial charge on any atom is -0.454 e. The second-order valence-corrected chi connectivity index (χ2v) is 13.7. The standard InChI is InChI=1S/C50H32N2O2/c1-2-11-33(12-3-1)34-21-23-35(24-22-34)36-25-27-37(28-26-36)51(45-18-10-16-41-40-13-5-8-19-46(40)53-49(41)45)38-29-31-39(32-30-38)52-44-17-7-4-14-42(44)48-43-15-6-9-20-47(43)54-50(48)52/h1-32H. The molecule has 0 atom stereocenters. The first kappa shape index (κ1) is 30.3. The number of furan rings is 2. The predicted molar refractivity (Wildman–Crippen MR) is 223 cm³/mol. The molecule has 11 aromatic rings. The molecule has 0 radical (unpaired) electrons. The van der Waals surface area contributed by atoms with Crippen molar-refractivity contribution in [2.75, 3.05) is 4.90 Å². The zero-order valence-corrected chi connectivity index (χ0v) is 29.2. The number of hydrogen-bond acceptors (Lipinski definition) is 3. The molecule has 0 saturated carbocycles. The smallest absolute Gasteiger partial charge is 0.213 e. The molecule has 4 nitrogen and oxygen atoms in total. The number of aromatic nitrogens is 1. The Morgan fingerprint density at radius 3 is 1.59 bits per heavy atom. The van der Waals surface area contributed by atoms with Crippen LogP contribution >= 0.6 is 0 Å². The van der Waals surface area contributed by atoms with Crippen LogP contribution in [0.3, 0.4) is 0 Å². The van der Waals surface area contributed by atoms with Gasteiger partial charge in [-0.15, -0.1) is 0 Å². The van der Waals surface area contributed by atoms with Crippen LogP contribution in [0.1, 0.15) is 0 Å². The molecule has 0 saturated heterocycles. The topological polar surface area (TPSA) is 34.5 Å². The fourth-order valence-electron chi connectivity index (χ4n) is 8.07. The molecule has 11 rings (SSSR count). The Balaban J connectivity index is 1.04. The van der Waals surface area contributed by atoms with Crippen molar-refractivity contribution in [1.82, 2.24) is 4.57 Å². The fraction of sp³-hybridized carbons (Fsp3) is 0. The van der Waals surface area contributed by atoms with E-state index in [1.165, 1.54) is 22.1 Å². The summed E-state index contributed by atoms with van der Waals surface area (Å²) in [7, 11) is 0. The molecule has 0 bridgehead atoms. The second-order valence-electron chi connectivity index (χ2n) is 13.7. The Hall–Kier alpha value is -7.30. The lowest BCUT2D eigenvalue weighted by Crippen LogP contribution is -2.10. The van der Waals surface area contributed by atoms with Crippen LogP contribution in [0.5, 0.6) is 0 Å². The summed E-state index contributed by atoms with van der Waals surface area (Å²) in [6.45, 7) is 0. The van der Waals surface area contributed by atoms with Crippen LogP contribution in [-0.4, -0.2) is 4.57 Å². The summed E-state index contributed by atoms with van der Waals surface area (Å²) in [4.78, 5) is 2.29. The number of para-hydroxylation sites is 4. The monoisotopic (exact) mass is 692 g/mol. The van der Waals surface area contributed by atoms with E-state index in [1.807, 2.05) is 24.3 Å². The van der Waals surface area contributed by atoms with Crippen molar-refractivity contribution in [3.8, 4) is 27.9 Å². The van der Waals surface area contributed by atoms with E-state index in [4.69, 9.17) is 8.83 Å². The highest BCUT2D eigenvalue weighted by molar-refractivity contribution is 6.20. The number of hydrogen-bond donors (Lipinski definition) is 0. The molecule has 3 heterocycles. The summed E-state index contributed by atoms with van der Waals surface area (Å²) >= 11 is 0. The molecular formula is C50H32N2O2. The first-order valence-electron chi connectivity index (χ1n) is 18.3. The summed E-state index contributed by atoms with van der Waals surface area (Å²) in [6.07, 6.45) is 0. The molecular weight excluding hydrogens is 661 g/mol. The zero-order valence-electron chi connectivity index (χ0n) is 29.2. The van der Waals surface area contributed by atoms with Crippen LogP contribution < -0.4 is 4.90 Å². The van der Waals surface area contributed by atoms with Crippen molar-refractivity contribution < 1.29 is 8.83 Å². The van der Waals surface area contributed by atoms with E-state index in [1.54, 1.807) is 0 Å². The average molecular weight is 693 g/mol. The number of benzene rings is 8. The maximum Gasteiger partial charge on any atom is 0.213 e. The normalized spacial score (nSPS) is 11.7. The van der Waals surface area contributed by atoms with Gasteiger partial charge in [-0.1, -0.05) is 133 Å². The van der Waals surface area contributed by atoms with Gasteiger partial charge < -0.3 is 13.7 Å². The summed E-state index contributed by atoms with van der Waals surface area (Å²) in [6, 6.07) is 68.3. The van der Waals surface area contributed by atoms with Crippen LogP contribution in [0, 0.1) is 0 Å². The van der Waals surface area contributed by atoms with Gasteiger partial charge in [0.05, 0.1) is 16.6 Å². The number of rotatable bonds is 6. The van der Waals surface area contributed by atoms with E-state index in [2.05, 4.69) is 179 Å². The highest BCUT2D eigenvalue weighted by atomic mass is 16.3. The Morgan fingerprint density at radius 2 is 0.889 bits per heavy atom. The van der Waals surface area contributed by atoms with Gasteiger partial charge in [0, 0.05) is 38.6 Å². The van der Waals surface area contributed by atoms with Gasteiger partial charge in [0.15, 0.2) is 5.58 Å². The third kappa shape index (κ3) is 4.78. The van der Waals surface area contributed by atoms with Crippen LogP contribution in [-0.2, 0) is 0 Å². The molecule has 4 heteroatoms. The van der Waals surface area contributed by atoms with Crippen LogP contribution in [0.25, 0.3) is 82.9 Å². The van der Waals surface area contributed by atoms with Crippen molar-refractivity contribution in [2.24, 2.45) is 0 Å². The lowest BCUT2D eigenvalue weighted by atomic mass is 10.00. The molecule has 0 spiro atoms. The van der Waals surface area contributed by atoms with E-state index < -0.39 is 0 Å². The highest BCUT2D eigenvalue weighted by Crippen LogP contribution is 2.44. The van der Waals surface area contributed by atoms with E-state index in [-0.39, 0.29) is 0 Å². The lowest BCUT2D eigenvalue weighted by molar-refractivity contribution is 0.645. The molecule has 254 valence electrons. The number of fused-ring (bicyclic) bond motifs is 8. The third-order valence-electron chi connectivity index (χ3n) is 10.6. The van der Waals surface area contributed by atoms with Crippen molar-refractivity contribution in [2.45, 2.75) is 0 Å². The molecule has 3 aromatic heterocycles. The fourth-order valence-corrected chi connectivity index (χ4v) is 8.07. The van der Waals surface area contributed by atoms with Crippen LogP contribution in [0.4, 0.5) is 17.1 Å². The summed E-state index contributed by atoms with van der Waals surface area (Å²) < 4.78 is 15.4. The van der Waals surface area contributed by atoms with Gasteiger partial charge in [-0.3, -0.25) is 4.57 Å². The van der Waals surface area contributed by atoms with E-state index in [9.17, 15) is 0 Å². The quantitative estimate of drug-likeness (QED) is 0.174. The van der Waals surface area contributed by atoms with Crippen molar-refractivity contribution in [3.05, 3.63) is 194 Å². The van der Waals surface area contributed by atoms with Gasteiger partial charge in [-0.2, -0.15) is 0 Å². The SMILES string of the molecule is c1ccc(-c2ccc(-c3ccc(N(c4ccc(-n5c6ccccc6c6c7ccccc7oc65)cc4)c4cccc5c4oc4ccccc45)cc3)cc2)cc1. The summed E-state index contributed by atoms with van der Waals surface area (Å²) in [5, 5.41) is 5.63. The highest BCUT2D eigenvalue weighted by Gasteiger charge is 2.22. The molecule has 0 unspecified atom stereocenters. The third-order valence-corrected chi connectivity index (χ3v) is 10.6. The molecule has 0 amide bonds. The molecule has 0 aliphatic heterocycles. The molecule has 0 aliphatic rings. The van der Waals surface area contributed by atoms with Gasteiger partial charge in [0.1, 0.15) is 11.2 Å². The predicted octanol–water partition coefficient (Wildman–Crippen LogP) is 14.2. The van der Waals surface area contributed by atoms with Crippen molar-refractivity contribution >= 4 is 72.0 Å². The second kappa shape index (κ2) is 12.1. The Morgan fingerprint density at radius 1 is 0.370 bits per heavy atom. The molecule has 8 aromatic carbocycles.